The molecule has 1 unspecified atom stereocenters. The van der Waals surface area contributed by atoms with E-state index in [-0.39, 0.29) is 0 Å². The van der Waals surface area contributed by atoms with E-state index < -0.39 is 26.9 Å². The summed E-state index contributed by atoms with van der Waals surface area (Å²) in [6.07, 6.45) is 9.84. The van der Waals surface area contributed by atoms with Gasteiger partial charge in [0.15, 0.2) is 0 Å². The van der Waals surface area contributed by atoms with Gasteiger partial charge in [-0.1, -0.05) is 25.7 Å². The normalized spacial score (nSPS) is 17.7. The minimum atomic E-state index is -2.58. The molecule has 1 rings (SSSR count). The smallest absolute Gasteiger partial charge is 0.398 e. The number of hydrogen-bond donors (Lipinski definition) is 1. The molecule has 34 heavy (non-hydrogen) atoms. The first kappa shape index (κ1) is 32.4. The van der Waals surface area contributed by atoms with Gasteiger partial charge in [0.25, 0.3) is 0 Å². The molecule has 0 radical (unpaired) electrons. The van der Waals surface area contributed by atoms with E-state index >= 15 is 0 Å². The van der Waals surface area contributed by atoms with Crippen LogP contribution in [0.2, 0.25) is 17.8 Å². The molecule has 0 aromatic carbocycles. The fraction of sp³-hybridized carbons (Fsp3) is 1.00. The van der Waals surface area contributed by atoms with Crippen LogP contribution in [0.5, 0.6) is 0 Å². The molecule has 1 atom stereocenters. The molecule has 204 valence electrons. The largest absolute Gasteiger partial charge is 0.500 e. The van der Waals surface area contributed by atoms with Gasteiger partial charge in [-0.2, -0.15) is 0 Å². The summed E-state index contributed by atoms with van der Waals surface area (Å²) in [7, 11) is 6.05. The van der Waals surface area contributed by atoms with E-state index in [1.807, 2.05) is 0 Å². The van der Waals surface area contributed by atoms with Crippen LogP contribution in [0, 0.1) is 0 Å². The maximum Gasteiger partial charge on any atom is 0.500 e. The third kappa shape index (κ3) is 12.0. The number of nitrogens with one attached hydrogen (secondary N) is 1. The van der Waals surface area contributed by atoms with Gasteiger partial charge in [-0.05, 0) is 58.2 Å². The van der Waals surface area contributed by atoms with Crippen molar-refractivity contribution in [2.45, 2.75) is 62.7 Å². The maximum absolute atomic E-state index is 5.89. The molecule has 1 heterocycles. The molecule has 0 bridgehead atoms. The fourth-order valence-electron chi connectivity index (χ4n) is 4.80. The van der Waals surface area contributed by atoms with Gasteiger partial charge in [0.2, 0.25) is 0 Å². The molecule has 0 aromatic rings. The van der Waals surface area contributed by atoms with Crippen LogP contribution < -0.4 is 5.32 Å². The van der Waals surface area contributed by atoms with Crippen LogP contribution in [0.15, 0.2) is 0 Å². The average molecular weight is 538 g/mol. The summed E-state index contributed by atoms with van der Waals surface area (Å²) >= 11 is 0. The number of rotatable bonds is 21. The summed E-state index contributed by atoms with van der Waals surface area (Å²) in [4.78, 5) is 5.05. The minimum absolute atomic E-state index is 0.432. The lowest BCUT2D eigenvalue weighted by Gasteiger charge is -2.32. The van der Waals surface area contributed by atoms with E-state index in [2.05, 4.69) is 28.7 Å². The molecule has 0 amide bonds. The molecule has 1 fully saturated rings. The second-order valence-electron chi connectivity index (χ2n) is 9.80. The second kappa shape index (κ2) is 18.6. The highest BCUT2D eigenvalue weighted by Crippen LogP contribution is 2.29. The zero-order valence-corrected chi connectivity index (χ0v) is 26.7. The topological polar surface area (TPSA) is 64.7 Å². The van der Waals surface area contributed by atoms with Crippen LogP contribution in [-0.2, 0) is 22.1 Å². The highest BCUT2D eigenvalue weighted by atomic mass is 28.4. The molecule has 1 aliphatic rings. The van der Waals surface area contributed by atoms with Crippen molar-refractivity contribution >= 4 is 26.9 Å². The molecule has 0 saturated carbocycles. The summed E-state index contributed by atoms with van der Waals surface area (Å²) in [5.41, 5.74) is 0. The Bertz CT molecular complexity index is 486. The number of nitrogens with zero attached hydrogens (tertiary/aromatic N) is 2. The average Bonchev–Trinajstić information content (AvgIpc) is 2.87. The molecular weight excluding hydrogens is 483 g/mol. The lowest BCUT2D eigenvalue weighted by molar-refractivity contribution is 0.118. The van der Waals surface area contributed by atoms with Crippen molar-refractivity contribution in [2.75, 3.05) is 88.0 Å². The third-order valence-electron chi connectivity index (χ3n) is 7.49. The number of piperazine rings is 1. The Kier molecular flexibility index (Phi) is 17.7. The van der Waals surface area contributed by atoms with Gasteiger partial charge >= 0.3 is 17.4 Å². The van der Waals surface area contributed by atoms with Crippen molar-refractivity contribution in [3.63, 3.8) is 0 Å². The zero-order valence-electron chi connectivity index (χ0n) is 23.3. The van der Waals surface area contributed by atoms with Crippen LogP contribution in [-0.4, -0.2) is 125 Å². The first-order chi connectivity index (χ1) is 16.4. The summed E-state index contributed by atoms with van der Waals surface area (Å²) in [5, 5.41) is 4.11. The first-order valence-corrected chi connectivity index (χ1v) is 19.4. The predicted octanol–water partition coefficient (Wildman–Crippen LogP) is 2.25. The molecule has 11 heteroatoms. The van der Waals surface area contributed by atoms with Crippen molar-refractivity contribution in [2.24, 2.45) is 0 Å². The van der Waals surface area contributed by atoms with Gasteiger partial charge in [0, 0.05) is 76.4 Å². The van der Waals surface area contributed by atoms with Crippen molar-refractivity contribution < 1.29 is 22.1 Å². The van der Waals surface area contributed by atoms with Crippen LogP contribution >= 0.6 is 0 Å². The highest BCUT2D eigenvalue weighted by molar-refractivity contribution is 6.73. The van der Waals surface area contributed by atoms with E-state index in [1.165, 1.54) is 64.8 Å². The van der Waals surface area contributed by atoms with Crippen molar-refractivity contribution in [1.82, 2.24) is 15.1 Å². The van der Waals surface area contributed by atoms with Gasteiger partial charge in [-0.25, -0.2) is 0 Å². The molecule has 1 aliphatic heterocycles. The maximum atomic E-state index is 5.89. The monoisotopic (exact) mass is 537 g/mol. The molecule has 0 aliphatic carbocycles. The second-order valence-corrected chi connectivity index (χ2v) is 19.5. The quantitative estimate of drug-likeness (QED) is 0.177. The van der Waals surface area contributed by atoms with E-state index in [1.54, 1.807) is 35.5 Å². The van der Waals surface area contributed by atoms with Crippen molar-refractivity contribution in [3.8, 4) is 0 Å². The Morgan fingerprint density at radius 2 is 1.38 bits per heavy atom. The van der Waals surface area contributed by atoms with Crippen LogP contribution in [0.25, 0.3) is 0 Å². The number of unbranched alkanes of at least 4 members (excludes halogenated alkanes) is 4. The van der Waals surface area contributed by atoms with Gasteiger partial charge in [-0.15, -0.1) is 0 Å². The third-order valence-corrected chi connectivity index (χ3v) is 17.6. The van der Waals surface area contributed by atoms with Gasteiger partial charge in [0.1, 0.15) is 0 Å². The van der Waals surface area contributed by atoms with Gasteiger partial charge in [-0.3, -0.25) is 0 Å². The van der Waals surface area contributed by atoms with Crippen molar-refractivity contribution in [3.05, 3.63) is 0 Å². The fourth-order valence-corrected chi connectivity index (χ4v) is 13.0. The Hall–Kier alpha value is 0.331. The SMILES string of the molecule is CO[Si](C)(CCCNC[SiH2]C(CCCCCCCN1CCN(C)CC1)[Si](OC)(OC)OC)OC. The molecular formula is C23H55N3O5Si3. The Morgan fingerprint density at radius 3 is 1.97 bits per heavy atom. The van der Waals surface area contributed by atoms with Crippen LogP contribution in [0.3, 0.4) is 0 Å². The number of hydrogen-bond acceptors (Lipinski definition) is 8. The standard InChI is InChI=1S/C23H55N3O5Si3/c1-25-17-19-26(20-18-25)16-12-10-8-9-11-14-23(34(29-4,30-5)31-6)32-22-24-15-13-21-33(7,27-2)28-3/h23-24H,8-22,32H2,1-7H3. The van der Waals surface area contributed by atoms with E-state index in [9.17, 15) is 0 Å². The van der Waals surface area contributed by atoms with Gasteiger partial charge in [0.05, 0.1) is 0 Å². The van der Waals surface area contributed by atoms with Crippen molar-refractivity contribution in [1.29, 1.82) is 0 Å². The molecule has 8 nitrogen and oxygen atoms in total. The summed E-state index contributed by atoms with van der Waals surface area (Å²) < 4.78 is 28.8. The highest BCUT2D eigenvalue weighted by Gasteiger charge is 2.46. The van der Waals surface area contributed by atoms with E-state index in [0.717, 1.165) is 31.6 Å². The molecule has 1 N–H and O–H groups in total. The number of likely N-dealkylation sites (N-methyl/N-ethyl adjacent to an activating group) is 1. The van der Waals surface area contributed by atoms with Crippen LogP contribution in [0.1, 0.15) is 44.9 Å². The Balaban J connectivity index is 2.29. The predicted molar refractivity (Wildman–Crippen MR) is 149 cm³/mol. The summed E-state index contributed by atoms with van der Waals surface area (Å²) in [6.45, 7) is 9.28. The molecule has 0 spiro atoms. The first-order valence-electron chi connectivity index (χ1n) is 13.3. The summed E-state index contributed by atoms with van der Waals surface area (Å²) in [6, 6.07) is 1.01. The lowest BCUT2D eigenvalue weighted by atomic mass is 10.1. The Labute approximate surface area is 214 Å². The van der Waals surface area contributed by atoms with E-state index in [4.69, 9.17) is 22.1 Å². The Morgan fingerprint density at radius 1 is 0.794 bits per heavy atom. The van der Waals surface area contributed by atoms with E-state index in [0.29, 0.717) is 5.16 Å². The zero-order chi connectivity index (χ0) is 25.3. The minimum Gasteiger partial charge on any atom is -0.398 e. The lowest BCUT2D eigenvalue weighted by Crippen LogP contribution is -2.51. The molecule has 0 aromatic heterocycles. The summed E-state index contributed by atoms with van der Waals surface area (Å²) in [5.74, 6) is 0. The van der Waals surface area contributed by atoms with Crippen LogP contribution in [0.4, 0.5) is 0 Å². The van der Waals surface area contributed by atoms with Gasteiger partial charge < -0.3 is 37.2 Å². The molecule has 1 saturated heterocycles.